The van der Waals surface area contributed by atoms with E-state index in [4.69, 9.17) is 21.4 Å². The van der Waals surface area contributed by atoms with E-state index < -0.39 is 33.7 Å². The average Bonchev–Trinajstić information content (AvgIpc) is 2.40. The summed E-state index contributed by atoms with van der Waals surface area (Å²) in [5.41, 5.74) is -1.52. The van der Waals surface area contributed by atoms with Crippen LogP contribution in [-0.2, 0) is 0 Å². The molecule has 0 aromatic heterocycles. The maximum Gasteiger partial charge on any atom is 0.342 e. The normalized spacial score (nSPS) is 10.2. The molecule has 0 saturated heterocycles. The number of carbonyl (C=O) groups is 1. The van der Waals surface area contributed by atoms with Crippen LogP contribution in [0.4, 0.5) is 10.1 Å². The summed E-state index contributed by atoms with van der Waals surface area (Å²) in [5, 5.41) is 20.0. The van der Waals surface area contributed by atoms with Crippen molar-refractivity contribution in [2.75, 3.05) is 0 Å². The second kappa shape index (κ2) is 5.76. The van der Waals surface area contributed by atoms with Crippen molar-refractivity contribution >= 4 is 23.3 Å². The topological polar surface area (TPSA) is 89.7 Å². The lowest BCUT2D eigenvalue weighted by molar-refractivity contribution is -0.385. The van der Waals surface area contributed by atoms with Crippen molar-refractivity contribution in [1.29, 1.82) is 0 Å². The van der Waals surface area contributed by atoms with Gasteiger partial charge in [-0.15, -0.1) is 0 Å². The van der Waals surface area contributed by atoms with Gasteiger partial charge in [-0.1, -0.05) is 17.7 Å². The van der Waals surface area contributed by atoms with E-state index in [9.17, 15) is 19.3 Å². The molecule has 0 aliphatic carbocycles. The van der Waals surface area contributed by atoms with Crippen LogP contribution in [0, 0.1) is 15.9 Å². The summed E-state index contributed by atoms with van der Waals surface area (Å²) in [7, 11) is 0. The highest BCUT2D eigenvalue weighted by molar-refractivity contribution is 6.30. The maximum atomic E-state index is 13.8. The molecule has 6 nitrogen and oxygen atoms in total. The minimum Gasteiger partial charge on any atom is -0.477 e. The first-order valence-electron chi connectivity index (χ1n) is 5.53. The van der Waals surface area contributed by atoms with Gasteiger partial charge in [0.1, 0.15) is 11.3 Å². The number of nitro groups is 1. The molecular formula is C13H7ClFNO5. The predicted molar refractivity (Wildman–Crippen MR) is 71.5 cm³/mol. The van der Waals surface area contributed by atoms with E-state index in [2.05, 4.69) is 0 Å². The summed E-state index contributed by atoms with van der Waals surface area (Å²) in [6.45, 7) is 0. The van der Waals surface area contributed by atoms with Crippen molar-refractivity contribution in [2.45, 2.75) is 0 Å². The molecule has 0 bridgehead atoms. The highest BCUT2D eigenvalue weighted by Gasteiger charge is 2.24. The number of rotatable bonds is 4. The Morgan fingerprint density at radius 2 is 2.05 bits per heavy atom. The third kappa shape index (κ3) is 3.26. The zero-order chi connectivity index (χ0) is 15.6. The van der Waals surface area contributed by atoms with Gasteiger partial charge < -0.3 is 9.84 Å². The highest BCUT2D eigenvalue weighted by atomic mass is 35.5. The molecule has 2 aromatic carbocycles. The van der Waals surface area contributed by atoms with Crippen molar-refractivity contribution in [3.05, 3.63) is 62.9 Å². The Morgan fingerprint density at radius 1 is 1.33 bits per heavy atom. The molecular weight excluding hydrogens is 305 g/mol. The first kappa shape index (κ1) is 14.7. The summed E-state index contributed by atoms with van der Waals surface area (Å²) in [6.07, 6.45) is 0. The Kier molecular flexibility index (Phi) is 4.04. The van der Waals surface area contributed by atoms with Crippen molar-refractivity contribution < 1.29 is 24.0 Å². The van der Waals surface area contributed by atoms with Crippen molar-refractivity contribution in [3.63, 3.8) is 0 Å². The first-order valence-corrected chi connectivity index (χ1v) is 5.91. The quantitative estimate of drug-likeness (QED) is 0.683. The Bertz CT molecular complexity index is 734. The van der Waals surface area contributed by atoms with Gasteiger partial charge in [0.05, 0.1) is 11.0 Å². The number of carboxylic acids is 1. The molecule has 0 atom stereocenters. The minimum absolute atomic E-state index is 0.173. The Morgan fingerprint density at radius 3 is 2.62 bits per heavy atom. The molecule has 1 N–H and O–H groups in total. The van der Waals surface area contributed by atoms with Crippen LogP contribution >= 0.6 is 11.6 Å². The van der Waals surface area contributed by atoms with Crippen LogP contribution < -0.4 is 4.74 Å². The SMILES string of the molecule is O=C(O)c1cc(Oc2cccc(Cl)c2)c(F)cc1[N+](=O)[O-]. The summed E-state index contributed by atoms with van der Waals surface area (Å²) in [4.78, 5) is 20.7. The molecule has 0 heterocycles. The average molecular weight is 312 g/mol. The van der Waals surface area contributed by atoms with Crippen LogP contribution in [-0.4, -0.2) is 16.0 Å². The van der Waals surface area contributed by atoms with Crippen molar-refractivity contribution in [3.8, 4) is 11.5 Å². The van der Waals surface area contributed by atoms with Crippen LogP contribution in [0.1, 0.15) is 10.4 Å². The number of hydrogen-bond acceptors (Lipinski definition) is 4. The van der Waals surface area contributed by atoms with Gasteiger partial charge >= 0.3 is 5.97 Å². The van der Waals surface area contributed by atoms with Gasteiger partial charge in [0.15, 0.2) is 11.6 Å². The van der Waals surface area contributed by atoms with E-state index in [0.29, 0.717) is 11.1 Å². The van der Waals surface area contributed by atoms with E-state index in [0.717, 1.165) is 6.07 Å². The van der Waals surface area contributed by atoms with Crippen LogP contribution in [0.2, 0.25) is 5.02 Å². The number of hydrogen-bond donors (Lipinski definition) is 1. The number of ether oxygens (including phenoxy) is 1. The number of aromatic carboxylic acids is 1. The Hall–Kier alpha value is -2.67. The zero-order valence-electron chi connectivity index (χ0n) is 10.2. The smallest absolute Gasteiger partial charge is 0.342 e. The van der Waals surface area contributed by atoms with Crippen molar-refractivity contribution in [1.82, 2.24) is 0 Å². The lowest BCUT2D eigenvalue weighted by Crippen LogP contribution is -2.04. The molecule has 0 amide bonds. The molecule has 21 heavy (non-hydrogen) atoms. The number of nitrogens with zero attached hydrogens (tertiary/aromatic N) is 1. The van der Waals surface area contributed by atoms with E-state index in [1.165, 1.54) is 12.1 Å². The van der Waals surface area contributed by atoms with Gasteiger partial charge in [-0.25, -0.2) is 9.18 Å². The molecule has 2 rings (SSSR count). The molecule has 8 heteroatoms. The highest BCUT2D eigenvalue weighted by Crippen LogP contribution is 2.31. The van der Waals surface area contributed by atoms with Gasteiger partial charge in [-0.2, -0.15) is 0 Å². The maximum absolute atomic E-state index is 13.8. The molecule has 0 fully saturated rings. The molecule has 2 aromatic rings. The van der Waals surface area contributed by atoms with Crippen molar-refractivity contribution in [2.24, 2.45) is 0 Å². The summed E-state index contributed by atoms with van der Waals surface area (Å²) in [5.74, 6) is -2.88. The van der Waals surface area contributed by atoms with E-state index in [1.807, 2.05) is 0 Å². The molecule has 0 aliphatic heterocycles. The van der Waals surface area contributed by atoms with Gasteiger partial charge in [0.2, 0.25) is 0 Å². The van der Waals surface area contributed by atoms with Gasteiger partial charge in [0.25, 0.3) is 5.69 Å². The molecule has 0 spiro atoms. The van der Waals surface area contributed by atoms with Crippen LogP contribution in [0.5, 0.6) is 11.5 Å². The summed E-state index contributed by atoms with van der Waals surface area (Å²) >= 11 is 5.74. The molecule has 0 unspecified atom stereocenters. The summed E-state index contributed by atoms with van der Waals surface area (Å²) in [6, 6.07) is 7.26. The van der Waals surface area contributed by atoms with Crippen LogP contribution in [0.25, 0.3) is 0 Å². The number of nitro benzene ring substituents is 1. The third-order valence-electron chi connectivity index (χ3n) is 2.50. The summed E-state index contributed by atoms with van der Waals surface area (Å²) < 4.78 is 19.0. The fraction of sp³-hybridized carbons (Fsp3) is 0. The number of carboxylic acid groups (broad SMARTS) is 1. The molecule has 0 radical (unpaired) electrons. The largest absolute Gasteiger partial charge is 0.477 e. The zero-order valence-corrected chi connectivity index (χ0v) is 11.0. The predicted octanol–water partition coefficient (Wildman–Crippen LogP) is 3.88. The fourth-order valence-electron chi connectivity index (χ4n) is 1.60. The third-order valence-corrected chi connectivity index (χ3v) is 2.74. The molecule has 0 saturated carbocycles. The Balaban J connectivity index is 2.47. The first-order chi connectivity index (χ1) is 9.88. The van der Waals surface area contributed by atoms with Crippen LogP contribution in [0.3, 0.4) is 0 Å². The molecule has 0 aliphatic rings. The number of halogens is 2. The van der Waals surface area contributed by atoms with E-state index >= 15 is 0 Å². The van der Waals surface area contributed by atoms with E-state index in [1.54, 1.807) is 12.1 Å². The Labute approximate surface area is 122 Å². The second-order valence-corrected chi connectivity index (χ2v) is 4.36. The standard InChI is InChI=1S/C13H7ClFNO5/c14-7-2-1-3-8(4-7)21-12-5-9(13(17)18)11(16(19)20)6-10(12)15/h1-6H,(H,17,18). The lowest BCUT2D eigenvalue weighted by Gasteiger charge is -2.08. The van der Waals surface area contributed by atoms with Crippen LogP contribution in [0.15, 0.2) is 36.4 Å². The van der Waals surface area contributed by atoms with Gasteiger partial charge in [-0.3, -0.25) is 10.1 Å². The lowest BCUT2D eigenvalue weighted by atomic mass is 10.1. The number of benzene rings is 2. The van der Waals surface area contributed by atoms with Gasteiger partial charge in [-0.05, 0) is 18.2 Å². The second-order valence-electron chi connectivity index (χ2n) is 3.92. The minimum atomic E-state index is -1.56. The fourth-order valence-corrected chi connectivity index (χ4v) is 1.78. The van der Waals surface area contributed by atoms with E-state index in [-0.39, 0.29) is 5.75 Å². The monoisotopic (exact) mass is 311 g/mol. The molecule has 108 valence electrons. The van der Waals surface area contributed by atoms with Gasteiger partial charge in [0, 0.05) is 11.1 Å².